The highest BCUT2D eigenvalue weighted by molar-refractivity contribution is 7.89. The first-order valence-electron chi connectivity index (χ1n) is 9.52. The second-order valence-corrected chi connectivity index (χ2v) is 10.0. The van der Waals surface area contributed by atoms with Crippen molar-refractivity contribution >= 4 is 33.7 Å². The van der Waals surface area contributed by atoms with E-state index in [1.165, 1.54) is 0 Å². The van der Waals surface area contributed by atoms with Crippen molar-refractivity contribution in [1.82, 2.24) is 14.7 Å². The number of sulfonamides is 1. The zero-order valence-electron chi connectivity index (χ0n) is 15.4. The number of allylic oxidation sites excluding steroid dienone is 1. The standard InChI is InChI=1S/C20H18BN3O4S/c25-21-8-15(17-14-6-7-22-18(14)23-9-16(17)28-21)19-10-20(11-19,12-19)24-29(26,27)13-4-2-1-3-5-13/h1-9,24-25H,10-12H2,(H,22,23). The molecule has 7 rings (SSSR count). The normalized spacial score (nSPS) is 27.5. The van der Waals surface area contributed by atoms with Gasteiger partial charge in [0.2, 0.25) is 10.0 Å². The van der Waals surface area contributed by atoms with Crippen LogP contribution in [0.25, 0.3) is 16.6 Å². The number of aromatic amines is 1. The minimum Gasteiger partial charge on any atom is -0.531 e. The van der Waals surface area contributed by atoms with Crippen LogP contribution in [0.3, 0.4) is 0 Å². The zero-order chi connectivity index (χ0) is 19.9. The highest BCUT2D eigenvalue weighted by Crippen LogP contribution is 2.73. The molecule has 146 valence electrons. The molecule has 9 heteroatoms. The quantitative estimate of drug-likeness (QED) is 0.576. The van der Waals surface area contributed by atoms with E-state index in [0.29, 0.717) is 25.0 Å². The van der Waals surface area contributed by atoms with Gasteiger partial charge in [0.15, 0.2) is 0 Å². The first-order chi connectivity index (χ1) is 13.9. The predicted octanol–water partition coefficient (Wildman–Crippen LogP) is 2.26. The van der Waals surface area contributed by atoms with Crippen LogP contribution >= 0.6 is 0 Å². The lowest BCUT2D eigenvalue weighted by atomic mass is 9.36. The highest BCUT2D eigenvalue weighted by Gasteiger charge is 2.71. The molecule has 0 atom stereocenters. The number of rotatable bonds is 4. The third kappa shape index (κ3) is 2.38. The lowest BCUT2D eigenvalue weighted by Crippen LogP contribution is -2.74. The molecule has 0 unspecified atom stereocenters. The van der Waals surface area contributed by atoms with Crippen molar-refractivity contribution in [2.75, 3.05) is 0 Å². The van der Waals surface area contributed by atoms with E-state index in [1.54, 1.807) is 42.5 Å². The zero-order valence-corrected chi connectivity index (χ0v) is 16.2. The van der Waals surface area contributed by atoms with E-state index in [4.69, 9.17) is 4.65 Å². The third-order valence-corrected chi connectivity index (χ3v) is 7.98. The Bertz CT molecular complexity index is 1270. The summed E-state index contributed by atoms with van der Waals surface area (Å²) >= 11 is 0. The number of nitrogens with one attached hydrogen (secondary N) is 2. The second kappa shape index (κ2) is 5.50. The van der Waals surface area contributed by atoms with Crippen molar-refractivity contribution in [2.45, 2.75) is 29.7 Å². The molecule has 3 N–H and O–H groups in total. The molecule has 2 bridgehead atoms. The Balaban J connectivity index is 1.32. The maximum atomic E-state index is 12.7. The monoisotopic (exact) mass is 407 g/mol. The summed E-state index contributed by atoms with van der Waals surface area (Å²) in [6.45, 7) is 0. The van der Waals surface area contributed by atoms with E-state index in [-0.39, 0.29) is 10.3 Å². The minimum atomic E-state index is -3.55. The van der Waals surface area contributed by atoms with Gasteiger partial charge in [-0.3, -0.25) is 0 Å². The van der Waals surface area contributed by atoms with Gasteiger partial charge >= 0.3 is 7.12 Å². The number of pyridine rings is 1. The van der Waals surface area contributed by atoms with Crippen molar-refractivity contribution in [3.05, 3.63) is 60.3 Å². The molecule has 3 fully saturated rings. The van der Waals surface area contributed by atoms with Crippen LogP contribution in [-0.2, 0) is 10.0 Å². The number of nitrogens with zero attached hydrogens (tertiary/aromatic N) is 1. The van der Waals surface area contributed by atoms with E-state index in [1.807, 2.05) is 12.3 Å². The molecule has 2 aromatic heterocycles. The Morgan fingerprint density at radius 3 is 2.69 bits per heavy atom. The summed E-state index contributed by atoms with van der Waals surface area (Å²) in [5.74, 6) is 2.31. The molecule has 0 spiro atoms. The summed E-state index contributed by atoms with van der Waals surface area (Å²) in [4.78, 5) is 7.74. The molecule has 0 saturated heterocycles. The van der Waals surface area contributed by atoms with Crippen molar-refractivity contribution in [1.29, 1.82) is 0 Å². The van der Waals surface area contributed by atoms with Gasteiger partial charge in [-0.1, -0.05) is 18.2 Å². The van der Waals surface area contributed by atoms with Gasteiger partial charge in [-0.05, 0) is 49.0 Å². The average molecular weight is 407 g/mol. The Kier molecular flexibility index (Phi) is 3.27. The van der Waals surface area contributed by atoms with Gasteiger partial charge in [0.1, 0.15) is 11.4 Å². The van der Waals surface area contributed by atoms with Crippen LogP contribution < -0.4 is 9.38 Å². The summed E-state index contributed by atoms with van der Waals surface area (Å²) < 4.78 is 34.0. The number of aromatic nitrogens is 2. The maximum absolute atomic E-state index is 12.7. The summed E-state index contributed by atoms with van der Waals surface area (Å²) in [7, 11) is -4.58. The lowest BCUT2D eigenvalue weighted by Gasteiger charge is -2.71. The van der Waals surface area contributed by atoms with Crippen LogP contribution in [0.15, 0.2) is 59.7 Å². The summed E-state index contributed by atoms with van der Waals surface area (Å²) in [6, 6.07) is 10.4. The molecule has 29 heavy (non-hydrogen) atoms. The molecule has 3 aliphatic carbocycles. The summed E-state index contributed by atoms with van der Waals surface area (Å²) in [5.41, 5.74) is 2.17. The highest BCUT2D eigenvalue weighted by atomic mass is 32.2. The lowest BCUT2D eigenvalue weighted by molar-refractivity contribution is -0.0924. The van der Waals surface area contributed by atoms with Gasteiger partial charge in [-0.25, -0.2) is 18.1 Å². The van der Waals surface area contributed by atoms with E-state index in [0.717, 1.165) is 22.2 Å². The van der Waals surface area contributed by atoms with E-state index < -0.39 is 22.7 Å². The van der Waals surface area contributed by atoms with E-state index >= 15 is 0 Å². The van der Waals surface area contributed by atoms with Gasteiger partial charge in [0, 0.05) is 28.1 Å². The average Bonchev–Trinajstić information content (AvgIpc) is 3.12. The first-order valence-corrected chi connectivity index (χ1v) is 11.0. The SMILES string of the molecule is O=S(=O)(NC12CC(C3=CB(O)Oc4cnc5[nH]ccc5c43)(C1)C2)c1ccccc1. The van der Waals surface area contributed by atoms with Gasteiger partial charge in [-0.2, -0.15) is 0 Å². The number of hydrogen-bond acceptors (Lipinski definition) is 5. The van der Waals surface area contributed by atoms with Crippen molar-refractivity contribution in [3.8, 4) is 5.75 Å². The topological polar surface area (TPSA) is 104 Å². The van der Waals surface area contributed by atoms with Crippen LogP contribution in [0.2, 0.25) is 0 Å². The molecule has 3 aromatic rings. The largest absolute Gasteiger partial charge is 0.552 e. The third-order valence-electron chi connectivity index (χ3n) is 6.38. The smallest absolute Gasteiger partial charge is 0.531 e. The van der Waals surface area contributed by atoms with Crippen LogP contribution in [-0.4, -0.2) is 36.1 Å². The van der Waals surface area contributed by atoms with Gasteiger partial charge < -0.3 is 14.7 Å². The van der Waals surface area contributed by atoms with Crippen LogP contribution in [0.1, 0.15) is 24.8 Å². The van der Waals surface area contributed by atoms with Crippen LogP contribution in [0.5, 0.6) is 5.75 Å². The van der Waals surface area contributed by atoms with Crippen LogP contribution in [0, 0.1) is 5.41 Å². The van der Waals surface area contributed by atoms with Gasteiger partial charge in [-0.15, -0.1) is 0 Å². The van der Waals surface area contributed by atoms with Gasteiger partial charge in [0.25, 0.3) is 0 Å². The fraction of sp³-hybridized carbons (Fsp3) is 0.250. The molecule has 0 amide bonds. The minimum absolute atomic E-state index is 0.149. The number of H-pyrrole nitrogens is 1. The molecule has 1 aliphatic heterocycles. The van der Waals surface area contributed by atoms with Crippen molar-refractivity contribution in [3.63, 3.8) is 0 Å². The van der Waals surface area contributed by atoms with Crippen molar-refractivity contribution < 1.29 is 18.1 Å². The van der Waals surface area contributed by atoms with E-state index in [2.05, 4.69) is 14.7 Å². The predicted molar refractivity (Wildman–Crippen MR) is 108 cm³/mol. The Morgan fingerprint density at radius 1 is 1.17 bits per heavy atom. The second-order valence-electron chi connectivity index (χ2n) is 8.34. The molecule has 0 radical (unpaired) electrons. The number of hydrogen-bond donors (Lipinski definition) is 3. The fourth-order valence-electron chi connectivity index (χ4n) is 5.31. The Hall–Kier alpha value is -2.62. The molecular formula is C20H18BN3O4S. The Labute approximate surface area is 168 Å². The molecule has 4 aliphatic rings. The first kappa shape index (κ1) is 17.3. The number of fused-ring (bicyclic) bond motifs is 3. The van der Waals surface area contributed by atoms with Gasteiger partial charge in [0.05, 0.1) is 11.1 Å². The Morgan fingerprint density at radius 2 is 1.93 bits per heavy atom. The number of benzene rings is 1. The fourth-order valence-corrected chi connectivity index (χ4v) is 6.73. The maximum Gasteiger partial charge on any atom is 0.552 e. The molecular weight excluding hydrogens is 389 g/mol. The molecule has 3 heterocycles. The summed E-state index contributed by atoms with van der Waals surface area (Å²) in [5, 5.41) is 11.2. The summed E-state index contributed by atoms with van der Waals surface area (Å²) in [6.07, 6.45) is 5.58. The van der Waals surface area contributed by atoms with E-state index in [9.17, 15) is 13.4 Å². The molecule has 1 aromatic carbocycles. The van der Waals surface area contributed by atoms with Crippen molar-refractivity contribution in [2.24, 2.45) is 5.41 Å². The molecule has 7 nitrogen and oxygen atoms in total. The molecule has 3 saturated carbocycles. The van der Waals surface area contributed by atoms with Crippen LogP contribution in [0.4, 0.5) is 0 Å².